The number of hydrogen-bond donors (Lipinski definition) is 2. The first-order chi connectivity index (χ1) is 21.5. The fraction of sp³-hybridized carbons (Fsp3) is 0.564. The Kier molecular flexibility index (Phi) is 6.64. The van der Waals surface area contributed by atoms with Gasteiger partial charge in [0.25, 0.3) is 0 Å². The molecule has 3 saturated carbocycles. The molecule has 2 spiro atoms. The molecule has 6 heteroatoms. The lowest BCUT2D eigenvalue weighted by atomic mass is 9.32. The number of fused-ring (bicyclic) bond motifs is 1. The van der Waals surface area contributed by atoms with E-state index in [0.717, 1.165) is 81.5 Å². The molecule has 1 aliphatic heterocycles. The third kappa shape index (κ3) is 4.04. The molecule has 2 aromatic carbocycles. The molecule has 45 heavy (non-hydrogen) atoms. The Morgan fingerprint density at radius 3 is 2.27 bits per heavy atom. The van der Waals surface area contributed by atoms with Gasteiger partial charge in [-0.25, -0.2) is 4.39 Å². The third-order valence-electron chi connectivity index (χ3n) is 14.0. The minimum atomic E-state index is -0.847. The van der Waals surface area contributed by atoms with Crippen molar-refractivity contribution >= 4 is 11.5 Å². The fourth-order valence-electron chi connectivity index (χ4n) is 11.5. The number of β-amino-alcohol motifs (C(OH)–C–C–N with tert-alkyl or cyclic N) is 1. The number of nitrogens with zero attached hydrogens (tertiary/aromatic N) is 2. The number of carbonyl (C=O) groups excluding carboxylic acids is 1. The molecule has 2 N–H and O–H groups in total. The summed E-state index contributed by atoms with van der Waals surface area (Å²) in [7, 11) is 0. The molecular formula is C39H47FN2O3. The predicted molar refractivity (Wildman–Crippen MR) is 174 cm³/mol. The standard InChI is InChI=1S/C39H47FN2O3/c1-35-15-12-30(43)24-37(35)18-19-39(31(25-37)34(44)27-6-4-3-5-7-27)32(35)13-16-36(2)33(39)14-17-38(36,45)26-41-20-22-42(23-21-41)29-10-8-28(40)9-11-29/h3-11,18-19,25,30,32-33,43,45H,12-17,20-24,26H2,1-2H3. The van der Waals surface area contributed by atoms with Gasteiger partial charge < -0.3 is 15.1 Å². The van der Waals surface area contributed by atoms with E-state index in [1.807, 2.05) is 42.5 Å². The van der Waals surface area contributed by atoms with E-state index in [-0.39, 0.29) is 39.9 Å². The summed E-state index contributed by atoms with van der Waals surface area (Å²) in [5, 5.41) is 23.7. The molecule has 2 bridgehead atoms. The van der Waals surface area contributed by atoms with Crippen LogP contribution in [0.4, 0.5) is 10.1 Å². The van der Waals surface area contributed by atoms with Gasteiger partial charge in [0.2, 0.25) is 0 Å². The number of rotatable bonds is 5. The second-order valence-electron chi connectivity index (χ2n) is 15.7. The molecule has 2 aromatic rings. The quantitative estimate of drug-likeness (QED) is 0.302. The zero-order valence-electron chi connectivity index (χ0n) is 26.7. The maximum Gasteiger partial charge on any atom is 0.189 e. The zero-order valence-corrected chi connectivity index (χ0v) is 26.7. The Morgan fingerprint density at radius 2 is 1.53 bits per heavy atom. The highest BCUT2D eigenvalue weighted by Gasteiger charge is 2.74. The lowest BCUT2D eigenvalue weighted by Gasteiger charge is -2.71. The summed E-state index contributed by atoms with van der Waals surface area (Å²) in [5.41, 5.74) is 0.741. The number of anilines is 1. The lowest BCUT2D eigenvalue weighted by molar-refractivity contribution is -0.176. The van der Waals surface area contributed by atoms with E-state index in [2.05, 4.69) is 41.9 Å². The Bertz CT molecular complexity index is 1550. The molecule has 7 aliphatic rings. The molecule has 0 aromatic heterocycles. The van der Waals surface area contributed by atoms with Crippen molar-refractivity contribution < 1.29 is 19.4 Å². The molecule has 4 fully saturated rings. The van der Waals surface area contributed by atoms with E-state index >= 15 is 0 Å². The molecule has 5 nitrogen and oxygen atoms in total. The van der Waals surface area contributed by atoms with E-state index in [0.29, 0.717) is 18.9 Å². The smallest absolute Gasteiger partial charge is 0.189 e. The van der Waals surface area contributed by atoms with Crippen LogP contribution in [-0.2, 0) is 0 Å². The monoisotopic (exact) mass is 610 g/mol. The SMILES string of the molecule is CC12CCC(O)CC13C=CC1(C(C(=O)c4ccccc4)=C3)C2CCC2(C)C1CCC2(O)CN1CCN(c2ccc(F)cc2)CC1. The first-order valence-electron chi connectivity index (χ1n) is 17.2. The summed E-state index contributed by atoms with van der Waals surface area (Å²) in [6.07, 6.45) is 12.7. The topological polar surface area (TPSA) is 64.0 Å². The van der Waals surface area contributed by atoms with Crippen molar-refractivity contribution in [1.29, 1.82) is 0 Å². The summed E-state index contributed by atoms with van der Waals surface area (Å²) < 4.78 is 13.5. The normalized spacial score (nSPS) is 42.1. The first-order valence-corrected chi connectivity index (χ1v) is 17.2. The second-order valence-corrected chi connectivity index (χ2v) is 15.7. The van der Waals surface area contributed by atoms with Crippen molar-refractivity contribution in [2.24, 2.45) is 33.5 Å². The van der Waals surface area contributed by atoms with Gasteiger partial charge in [-0.15, -0.1) is 0 Å². The molecule has 8 atom stereocenters. The van der Waals surface area contributed by atoms with Crippen LogP contribution in [0, 0.1) is 39.3 Å². The Hall–Kier alpha value is -2.80. The molecule has 1 heterocycles. The molecule has 6 aliphatic carbocycles. The van der Waals surface area contributed by atoms with E-state index in [1.165, 1.54) is 12.1 Å². The summed E-state index contributed by atoms with van der Waals surface area (Å²) >= 11 is 0. The maximum absolute atomic E-state index is 14.6. The van der Waals surface area contributed by atoms with Crippen LogP contribution in [-0.4, -0.2) is 65.3 Å². The van der Waals surface area contributed by atoms with Crippen LogP contribution in [0.25, 0.3) is 0 Å². The molecular weight excluding hydrogens is 563 g/mol. The van der Waals surface area contributed by atoms with Gasteiger partial charge in [0.15, 0.2) is 5.78 Å². The van der Waals surface area contributed by atoms with E-state index in [9.17, 15) is 19.4 Å². The van der Waals surface area contributed by atoms with Crippen molar-refractivity contribution in [3.63, 3.8) is 0 Å². The molecule has 0 amide bonds. The van der Waals surface area contributed by atoms with Crippen LogP contribution in [0.5, 0.6) is 0 Å². The minimum Gasteiger partial charge on any atom is -0.393 e. The number of carbonyl (C=O) groups is 1. The highest BCUT2D eigenvalue weighted by Crippen LogP contribution is 2.78. The van der Waals surface area contributed by atoms with Gasteiger partial charge in [0, 0.05) is 65.8 Å². The number of ketones is 1. The molecule has 8 unspecified atom stereocenters. The molecule has 9 rings (SSSR count). The van der Waals surface area contributed by atoms with Crippen molar-refractivity contribution in [3.05, 3.63) is 89.8 Å². The van der Waals surface area contributed by atoms with Crippen molar-refractivity contribution in [1.82, 2.24) is 4.90 Å². The lowest BCUT2D eigenvalue weighted by Crippen LogP contribution is -2.67. The van der Waals surface area contributed by atoms with Crippen molar-refractivity contribution in [2.75, 3.05) is 37.6 Å². The largest absolute Gasteiger partial charge is 0.393 e. The number of piperazine rings is 1. The number of aliphatic hydroxyl groups is 2. The number of aliphatic hydroxyl groups excluding tert-OH is 1. The van der Waals surface area contributed by atoms with Crippen LogP contribution in [0.3, 0.4) is 0 Å². The van der Waals surface area contributed by atoms with Gasteiger partial charge >= 0.3 is 0 Å². The van der Waals surface area contributed by atoms with Crippen LogP contribution in [0.15, 0.2) is 78.4 Å². The average molecular weight is 611 g/mol. The van der Waals surface area contributed by atoms with E-state index < -0.39 is 11.0 Å². The van der Waals surface area contributed by atoms with Gasteiger partial charge in [0.1, 0.15) is 5.82 Å². The van der Waals surface area contributed by atoms with Gasteiger partial charge in [-0.3, -0.25) is 9.69 Å². The number of allylic oxidation sites excluding steroid dienone is 4. The van der Waals surface area contributed by atoms with Crippen LogP contribution >= 0.6 is 0 Å². The Morgan fingerprint density at radius 1 is 0.867 bits per heavy atom. The summed E-state index contributed by atoms with van der Waals surface area (Å²) in [5.74, 6) is 0.358. The number of halogens is 1. The van der Waals surface area contributed by atoms with Crippen LogP contribution in [0.1, 0.15) is 69.2 Å². The average Bonchev–Trinajstić information content (AvgIpc) is 3.31. The molecule has 238 valence electrons. The van der Waals surface area contributed by atoms with Crippen molar-refractivity contribution in [2.45, 2.75) is 70.5 Å². The van der Waals surface area contributed by atoms with Crippen molar-refractivity contribution in [3.8, 4) is 0 Å². The zero-order chi connectivity index (χ0) is 31.2. The van der Waals surface area contributed by atoms with Gasteiger partial charge in [-0.1, -0.05) is 62.4 Å². The molecule has 1 saturated heterocycles. The summed E-state index contributed by atoms with van der Waals surface area (Å²) in [4.78, 5) is 19.3. The van der Waals surface area contributed by atoms with Gasteiger partial charge in [-0.2, -0.15) is 0 Å². The number of Topliss-reactive ketones (excluding diaryl/α,β-unsaturated/α-hetero) is 1. The van der Waals surface area contributed by atoms with E-state index in [1.54, 1.807) is 0 Å². The highest BCUT2D eigenvalue weighted by molar-refractivity contribution is 6.10. The Labute approximate surface area is 266 Å². The summed E-state index contributed by atoms with van der Waals surface area (Å²) in [6, 6.07) is 16.5. The van der Waals surface area contributed by atoms with Gasteiger partial charge in [0.05, 0.1) is 11.7 Å². The highest BCUT2D eigenvalue weighted by atomic mass is 19.1. The third-order valence-corrected chi connectivity index (χ3v) is 14.0. The first kappa shape index (κ1) is 29.6. The minimum absolute atomic E-state index is 0.0276. The maximum atomic E-state index is 14.6. The Balaban J connectivity index is 1.12. The molecule has 0 radical (unpaired) electrons. The summed E-state index contributed by atoms with van der Waals surface area (Å²) in [6.45, 7) is 8.81. The second kappa shape index (κ2) is 10.1. The van der Waals surface area contributed by atoms with E-state index in [4.69, 9.17) is 0 Å². The van der Waals surface area contributed by atoms with Gasteiger partial charge in [-0.05, 0) is 86.5 Å². The number of hydrogen-bond acceptors (Lipinski definition) is 5. The number of benzene rings is 2. The van der Waals surface area contributed by atoms with Crippen LogP contribution < -0.4 is 4.90 Å². The fourth-order valence-corrected chi connectivity index (χ4v) is 11.5. The van der Waals surface area contributed by atoms with Crippen LogP contribution in [0.2, 0.25) is 0 Å². The predicted octanol–water partition coefficient (Wildman–Crippen LogP) is 6.42.